The quantitative estimate of drug-likeness (QED) is 0.601. The maximum absolute atomic E-state index is 13.1. The van der Waals surface area contributed by atoms with E-state index in [1.807, 2.05) is 77.3 Å². The third-order valence-corrected chi connectivity index (χ3v) is 4.91. The van der Waals surface area contributed by atoms with E-state index in [9.17, 15) is 4.79 Å². The lowest BCUT2D eigenvalue weighted by Crippen LogP contribution is -2.26. The van der Waals surface area contributed by atoms with Crippen molar-refractivity contribution in [3.05, 3.63) is 83.4 Å². The van der Waals surface area contributed by atoms with Crippen molar-refractivity contribution in [2.75, 3.05) is 0 Å². The number of aryl methyl sites for hydroxylation is 1. The van der Waals surface area contributed by atoms with Crippen LogP contribution in [-0.2, 0) is 13.1 Å². The number of hydrogen-bond donors (Lipinski definition) is 1. The summed E-state index contributed by atoms with van der Waals surface area (Å²) >= 11 is 0. The zero-order valence-corrected chi connectivity index (χ0v) is 15.3. The molecule has 1 aliphatic heterocycles. The van der Waals surface area contributed by atoms with Crippen molar-refractivity contribution in [1.29, 1.82) is 0 Å². The number of amides is 1. The van der Waals surface area contributed by atoms with Crippen molar-refractivity contribution in [3.63, 3.8) is 0 Å². The number of H-pyrrole nitrogens is 1. The predicted molar refractivity (Wildman–Crippen MR) is 104 cm³/mol. The molecule has 0 fully saturated rings. The molecule has 0 saturated heterocycles. The standard InChI is InChI=1S/C21H18N6O/c1-14-23-20(25-24-14)15-6-5-7-16(10-15)21(28)26-12-17-11-22-27(19(17)13-26)18-8-3-2-4-9-18/h2-11H,12-13H2,1H3,(H,23,24,25). The molecule has 3 heterocycles. The highest BCUT2D eigenvalue weighted by Crippen LogP contribution is 2.27. The molecule has 2 aromatic heterocycles. The van der Waals surface area contributed by atoms with E-state index < -0.39 is 0 Å². The largest absolute Gasteiger partial charge is 0.328 e. The Morgan fingerprint density at radius 3 is 2.71 bits per heavy atom. The molecule has 0 radical (unpaired) electrons. The van der Waals surface area contributed by atoms with E-state index in [0.717, 1.165) is 28.3 Å². The SMILES string of the molecule is Cc1nc(-c2cccc(C(=O)N3Cc4cnn(-c5ccccc5)c4C3)c2)n[nH]1. The first-order valence-corrected chi connectivity index (χ1v) is 9.09. The van der Waals surface area contributed by atoms with Crippen molar-refractivity contribution < 1.29 is 4.79 Å². The molecular weight excluding hydrogens is 352 g/mol. The number of rotatable bonds is 3. The molecule has 5 rings (SSSR count). The van der Waals surface area contributed by atoms with Crippen LogP contribution in [-0.4, -0.2) is 35.8 Å². The highest BCUT2D eigenvalue weighted by molar-refractivity contribution is 5.95. The number of carbonyl (C=O) groups is 1. The fourth-order valence-corrected chi connectivity index (χ4v) is 3.53. The first-order chi connectivity index (χ1) is 13.7. The third-order valence-electron chi connectivity index (χ3n) is 4.91. The van der Waals surface area contributed by atoms with E-state index in [-0.39, 0.29) is 5.91 Å². The topological polar surface area (TPSA) is 79.7 Å². The number of nitrogens with one attached hydrogen (secondary N) is 1. The van der Waals surface area contributed by atoms with Gasteiger partial charge in [0.2, 0.25) is 0 Å². The fourth-order valence-electron chi connectivity index (χ4n) is 3.53. The number of benzene rings is 2. The first-order valence-electron chi connectivity index (χ1n) is 9.09. The zero-order valence-electron chi connectivity index (χ0n) is 15.3. The lowest BCUT2D eigenvalue weighted by Gasteiger charge is -2.16. The summed E-state index contributed by atoms with van der Waals surface area (Å²) in [7, 11) is 0. The van der Waals surface area contributed by atoms with Crippen molar-refractivity contribution >= 4 is 5.91 Å². The van der Waals surface area contributed by atoms with Gasteiger partial charge in [-0.1, -0.05) is 30.3 Å². The average Bonchev–Trinajstić information content (AvgIpc) is 3.44. The molecule has 1 N–H and O–H groups in total. The Morgan fingerprint density at radius 2 is 1.93 bits per heavy atom. The predicted octanol–water partition coefficient (Wildman–Crippen LogP) is 3.12. The Kier molecular flexibility index (Phi) is 3.79. The van der Waals surface area contributed by atoms with Crippen molar-refractivity contribution in [2.24, 2.45) is 0 Å². The normalized spacial score (nSPS) is 13.0. The van der Waals surface area contributed by atoms with Gasteiger partial charge in [-0.3, -0.25) is 9.89 Å². The molecule has 4 aromatic rings. The minimum atomic E-state index is -0.00933. The molecule has 0 unspecified atom stereocenters. The van der Waals surface area contributed by atoms with Gasteiger partial charge >= 0.3 is 0 Å². The van der Waals surface area contributed by atoms with Crippen LogP contribution in [0.4, 0.5) is 0 Å². The van der Waals surface area contributed by atoms with E-state index >= 15 is 0 Å². The van der Waals surface area contributed by atoms with Gasteiger partial charge in [0, 0.05) is 23.2 Å². The highest BCUT2D eigenvalue weighted by atomic mass is 16.2. The van der Waals surface area contributed by atoms with Crippen molar-refractivity contribution in [2.45, 2.75) is 20.0 Å². The molecule has 2 aromatic carbocycles. The maximum Gasteiger partial charge on any atom is 0.254 e. The number of nitrogens with zero attached hydrogens (tertiary/aromatic N) is 5. The van der Waals surface area contributed by atoms with E-state index in [2.05, 4.69) is 20.3 Å². The summed E-state index contributed by atoms with van der Waals surface area (Å²) in [6, 6.07) is 17.4. The van der Waals surface area contributed by atoms with Gasteiger partial charge < -0.3 is 4.90 Å². The fraction of sp³-hybridized carbons (Fsp3) is 0.143. The number of fused-ring (bicyclic) bond motifs is 1. The minimum absolute atomic E-state index is 0.00933. The number of aromatic nitrogens is 5. The van der Waals surface area contributed by atoms with Gasteiger partial charge in [-0.25, -0.2) is 9.67 Å². The van der Waals surface area contributed by atoms with Gasteiger partial charge in [0.1, 0.15) is 5.82 Å². The number of aromatic amines is 1. The van der Waals surface area contributed by atoms with Gasteiger partial charge in [-0.05, 0) is 31.2 Å². The number of hydrogen-bond acceptors (Lipinski definition) is 4. The monoisotopic (exact) mass is 370 g/mol. The van der Waals surface area contributed by atoms with Gasteiger partial charge in [-0.15, -0.1) is 0 Å². The second-order valence-corrected chi connectivity index (χ2v) is 6.85. The van der Waals surface area contributed by atoms with Crippen molar-refractivity contribution in [1.82, 2.24) is 29.9 Å². The second kappa shape index (κ2) is 6.45. The summed E-state index contributed by atoms with van der Waals surface area (Å²) in [6.45, 7) is 2.95. The Hall–Kier alpha value is -3.74. The summed E-state index contributed by atoms with van der Waals surface area (Å²) < 4.78 is 1.91. The Labute approximate surface area is 161 Å². The Morgan fingerprint density at radius 1 is 1.07 bits per heavy atom. The lowest BCUT2D eigenvalue weighted by molar-refractivity contribution is 0.0749. The number of para-hydroxylation sites is 1. The molecule has 0 saturated carbocycles. The van der Waals surface area contributed by atoms with E-state index in [0.29, 0.717) is 24.5 Å². The summed E-state index contributed by atoms with van der Waals surface area (Å²) in [5.74, 6) is 1.33. The van der Waals surface area contributed by atoms with Gasteiger partial charge in [0.15, 0.2) is 5.82 Å². The van der Waals surface area contributed by atoms with Gasteiger partial charge in [-0.2, -0.15) is 10.2 Å². The van der Waals surface area contributed by atoms with Crippen LogP contribution >= 0.6 is 0 Å². The molecule has 0 atom stereocenters. The zero-order chi connectivity index (χ0) is 19.1. The summed E-state index contributed by atoms with van der Waals surface area (Å²) in [5.41, 5.74) is 4.59. The molecule has 0 bridgehead atoms. The Balaban J connectivity index is 1.41. The van der Waals surface area contributed by atoms with E-state index in [1.165, 1.54) is 0 Å². The molecule has 1 aliphatic rings. The second-order valence-electron chi connectivity index (χ2n) is 6.85. The summed E-state index contributed by atoms with van der Waals surface area (Å²) in [4.78, 5) is 19.3. The molecule has 0 aliphatic carbocycles. The molecule has 1 amide bonds. The van der Waals surface area contributed by atoms with E-state index in [1.54, 1.807) is 0 Å². The molecule has 28 heavy (non-hydrogen) atoms. The maximum atomic E-state index is 13.1. The van der Waals surface area contributed by atoms with Crippen molar-refractivity contribution in [3.8, 4) is 17.1 Å². The van der Waals surface area contributed by atoms with Crippen LogP contribution in [0.15, 0.2) is 60.8 Å². The van der Waals surface area contributed by atoms with Gasteiger partial charge in [0.05, 0.1) is 24.1 Å². The highest BCUT2D eigenvalue weighted by Gasteiger charge is 2.28. The van der Waals surface area contributed by atoms with Crippen LogP contribution in [0.3, 0.4) is 0 Å². The third kappa shape index (κ3) is 2.77. The minimum Gasteiger partial charge on any atom is -0.328 e. The number of carbonyl (C=O) groups excluding carboxylic acids is 1. The molecule has 0 spiro atoms. The van der Waals surface area contributed by atoms with Crippen LogP contribution < -0.4 is 0 Å². The molecular formula is C21H18N6O. The smallest absolute Gasteiger partial charge is 0.254 e. The lowest BCUT2D eigenvalue weighted by atomic mass is 10.1. The van der Waals surface area contributed by atoms with Crippen LogP contribution in [0, 0.1) is 6.92 Å². The van der Waals surface area contributed by atoms with E-state index in [4.69, 9.17) is 0 Å². The first kappa shape index (κ1) is 16.4. The molecule has 138 valence electrons. The summed E-state index contributed by atoms with van der Waals surface area (Å²) in [6.07, 6.45) is 1.85. The summed E-state index contributed by atoms with van der Waals surface area (Å²) in [5, 5.41) is 11.5. The molecule has 7 heteroatoms. The van der Waals surface area contributed by atoms with Gasteiger partial charge in [0.25, 0.3) is 5.91 Å². The average molecular weight is 370 g/mol. The molecule has 7 nitrogen and oxygen atoms in total. The van der Waals surface area contributed by atoms with Crippen LogP contribution in [0.2, 0.25) is 0 Å². The van der Waals surface area contributed by atoms with Crippen LogP contribution in [0.5, 0.6) is 0 Å². The van der Waals surface area contributed by atoms with Crippen LogP contribution in [0.25, 0.3) is 17.1 Å². The van der Waals surface area contributed by atoms with Crippen LogP contribution in [0.1, 0.15) is 27.4 Å². The Bertz CT molecular complexity index is 1160.